The van der Waals surface area contributed by atoms with Crippen LogP contribution in [0.3, 0.4) is 0 Å². The van der Waals surface area contributed by atoms with Gasteiger partial charge in [0.1, 0.15) is 11.5 Å². The number of aliphatic hydroxyl groups excluding tert-OH is 2. The van der Waals surface area contributed by atoms with Crippen molar-refractivity contribution < 1.29 is 29.3 Å². The van der Waals surface area contributed by atoms with Gasteiger partial charge in [-0.15, -0.1) is 0 Å². The van der Waals surface area contributed by atoms with Gasteiger partial charge < -0.3 is 39.5 Å². The van der Waals surface area contributed by atoms with Crippen LogP contribution in [-0.2, 0) is 48.9 Å². The van der Waals surface area contributed by atoms with Crippen LogP contribution in [0.5, 0.6) is 11.5 Å². The van der Waals surface area contributed by atoms with Crippen molar-refractivity contribution in [3.63, 3.8) is 0 Å². The van der Waals surface area contributed by atoms with Crippen LogP contribution in [0.4, 0.5) is 0 Å². The summed E-state index contributed by atoms with van der Waals surface area (Å²) in [5.74, 6) is -0.321. The number of amides is 2. The number of carbonyl (C=O) groups is 2. The highest BCUT2D eigenvalue weighted by Crippen LogP contribution is 2.51. The number of ether oxygens (including phenoxy) is 2. The zero-order chi connectivity index (χ0) is 51.9. The minimum Gasteiger partial charge on any atom is -0.496 e. The predicted molar refractivity (Wildman–Crippen MR) is 286 cm³/mol. The number of allylic oxidation sites excluding steroid dienone is 2. The van der Waals surface area contributed by atoms with E-state index in [0.717, 1.165) is 45.1 Å². The number of hydrogen-bond acceptors (Lipinski definition) is 10. The Balaban J connectivity index is 0.000000182. The van der Waals surface area contributed by atoms with Gasteiger partial charge in [0.05, 0.1) is 38.1 Å². The van der Waals surface area contributed by atoms with Crippen LogP contribution in [0.2, 0.25) is 0 Å². The van der Waals surface area contributed by atoms with Crippen molar-refractivity contribution in [2.75, 3.05) is 27.4 Å². The van der Waals surface area contributed by atoms with Gasteiger partial charge in [0.25, 0.3) is 11.1 Å². The van der Waals surface area contributed by atoms with E-state index in [1.54, 1.807) is 23.4 Å². The van der Waals surface area contributed by atoms with E-state index in [-0.39, 0.29) is 72.1 Å². The molecule has 14 nitrogen and oxygen atoms in total. The summed E-state index contributed by atoms with van der Waals surface area (Å²) >= 11 is 0. The van der Waals surface area contributed by atoms with Gasteiger partial charge in [-0.2, -0.15) is 0 Å². The van der Waals surface area contributed by atoms with Crippen molar-refractivity contribution in [2.45, 2.75) is 77.3 Å². The molecular weight excluding hydrogens is 933 g/mol. The largest absolute Gasteiger partial charge is 0.496 e. The highest BCUT2D eigenvalue weighted by atomic mass is 16.5. The average Bonchev–Trinajstić information content (AvgIpc) is 3.78. The summed E-state index contributed by atoms with van der Waals surface area (Å²) in [6, 6.07) is 41.8. The number of carbonyl (C=O) groups excluding carboxylic acids is 2. The van der Waals surface area contributed by atoms with Crippen molar-refractivity contribution >= 4 is 24.0 Å². The molecule has 0 radical (unpaired) electrons. The normalized spacial score (nSPS) is 22.7. The van der Waals surface area contributed by atoms with E-state index >= 15 is 0 Å². The topological polar surface area (TPSA) is 168 Å². The number of nitrogens with one attached hydrogen (secondary N) is 2. The number of pyridine rings is 2. The number of fused-ring (bicyclic) bond motifs is 8. The lowest BCUT2D eigenvalue weighted by Crippen LogP contribution is -2.46. The van der Waals surface area contributed by atoms with Gasteiger partial charge in [-0.05, 0) is 61.4 Å². The number of aliphatic hydroxyl groups is 2. The fraction of sp³-hybridized carbons (Fsp3) is 0.333. The Hall–Kier alpha value is -7.36. The van der Waals surface area contributed by atoms with Crippen molar-refractivity contribution in [3.05, 3.63) is 211 Å². The van der Waals surface area contributed by atoms with Gasteiger partial charge in [0.2, 0.25) is 11.8 Å². The third kappa shape index (κ3) is 10.1. The Bertz CT molecular complexity index is 2910. The summed E-state index contributed by atoms with van der Waals surface area (Å²) < 4.78 is 14.8. The summed E-state index contributed by atoms with van der Waals surface area (Å²) in [5, 5.41) is 27.3. The standard InChI is InChI=1S/2C30H33N3O4/c2*1-3-9-21-14-15-24-28-27(29(35)31-16-20-10-5-4-6-11-20)23(19-34)25(18-33(24)30(21)36)32(28)17-22-12-7-8-13-26(22)37-2/h2*3-15,23,25,27-28,34H,16-19H2,1-2H3,(H,31,35)/b9-3+;9-3-/t2*23-,25-,27+,28+/m11/s1. The second kappa shape index (κ2) is 23.2. The molecule has 10 rings (SSSR count). The zero-order valence-corrected chi connectivity index (χ0v) is 42.4. The number of hydrogen-bond donors (Lipinski definition) is 4. The van der Waals surface area contributed by atoms with Crippen LogP contribution in [0.25, 0.3) is 12.2 Å². The van der Waals surface area contributed by atoms with Gasteiger partial charge in [0, 0.05) is 110 Å². The second-order valence-corrected chi connectivity index (χ2v) is 19.4. The average molecular weight is 999 g/mol. The first-order chi connectivity index (χ1) is 36.1. The summed E-state index contributed by atoms with van der Waals surface area (Å²) in [7, 11) is 3.30. The molecule has 384 valence electrons. The number of para-hydroxylation sites is 2. The first kappa shape index (κ1) is 51.5. The molecule has 0 spiro atoms. The van der Waals surface area contributed by atoms with E-state index in [1.165, 1.54) is 0 Å². The van der Waals surface area contributed by atoms with Crippen LogP contribution in [0.1, 0.15) is 70.7 Å². The molecule has 14 heteroatoms. The highest BCUT2D eigenvalue weighted by Gasteiger charge is 2.57. The van der Waals surface area contributed by atoms with Crippen LogP contribution in [-0.4, -0.2) is 80.5 Å². The van der Waals surface area contributed by atoms with Crippen LogP contribution < -0.4 is 31.2 Å². The van der Waals surface area contributed by atoms with Crippen molar-refractivity contribution in [2.24, 2.45) is 23.7 Å². The van der Waals surface area contributed by atoms with Crippen molar-refractivity contribution in [1.82, 2.24) is 29.6 Å². The fourth-order valence-electron chi connectivity index (χ4n) is 12.0. The SMILES string of the molecule is C/C=C/c1ccc2n(c1=O)C[C@@H]1[C@@H](CO)[C@H](C(=O)NCc3ccccc3)[C@H]2N1Cc1ccccc1OC.C/C=C\c1ccc2n(c1=O)C[C@@H]1[C@@H](CO)[C@H](C(=O)NCc3ccccc3)[C@H]2N1Cc1ccccc1OC. The second-order valence-electron chi connectivity index (χ2n) is 19.4. The molecule has 74 heavy (non-hydrogen) atoms. The van der Waals surface area contributed by atoms with Crippen LogP contribution in [0.15, 0.2) is 155 Å². The van der Waals surface area contributed by atoms with Crippen molar-refractivity contribution in [1.29, 1.82) is 0 Å². The Kier molecular flexibility index (Phi) is 16.2. The van der Waals surface area contributed by atoms with E-state index in [2.05, 4.69) is 20.4 Å². The van der Waals surface area contributed by atoms with Crippen LogP contribution >= 0.6 is 0 Å². The molecule has 4 aromatic carbocycles. The molecule has 6 heterocycles. The van der Waals surface area contributed by atoms with E-state index < -0.39 is 11.8 Å². The lowest BCUT2D eigenvalue weighted by atomic mass is 9.86. The van der Waals surface area contributed by atoms with Crippen molar-refractivity contribution in [3.8, 4) is 11.5 Å². The van der Waals surface area contributed by atoms with E-state index in [0.29, 0.717) is 50.4 Å². The highest BCUT2D eigenvalue weighted by molar-refractivity contribution is 5.81. The monoisotopic (exact) mass is 998 g/mol. The Labute approximate surface area is 432 Å². The quantitative estimate of drug-likeness (QED) is 0.0816. The molecule has 6 aromatic rings. The smallest absolute Gasteiger partial charge is 0.258 e. The molecule has 2 aromatic heterocycles. The number of benzene rings is 4. The maximum atomic E-state index is 13.7. The van der Waals surface area contributed by atoms with Gasteiger partial charge in [0.15, 0.2) is 0 Å². The lowest BCUT2D eigenvalue weighted by Gasteiger charge is -2.38. The molecule has 8 atom stereocenters. The van der Waals surface area contributed by atoms with E-state index in [1.807, 2.05) is 172 Å². The maximum Gasteiger partial charge on any atom is 0.258 e. The van der Waals surface area contributed by atoms with Gasteiger partial charge in [-0.25, -0.2) is 0 Å². The minimum atomic E-state index is -0.505. The number of methoxy groups -OCH3 is 2. The maximum absolute atomic E-state index is 13.7. The third-order valence-corrected chi connectivity index (χ3v) is 15.4. The van der Waals surface area contributed by atoms with E-state index in [4.69, 9.17) is 9.47 Å². The molecule has 0 unspecified atom stereocenters. The van der Waals surface area contributed by atoms with Crippen LogP contribution in [0, 0.1) is 23.7 Å². The Morgan fingerprint density at radius 3 is 1.30 bits per heavy atom. The first-order valence-electron chi connectivity index (χ1n) is 25.5. The predicted octanol–water partition coefficient (Wildman–Crippen LogP) is 6.74. The zero-order valence-electron chi connectivity index (χ0n) is 42.4. The number of aromatic nitrogens is 2. The van der Waals surface area contributed by atoms with Gasteiger partial charge >= 0.3 is 0 Å². The molecule has 2 saturated heterocycles. The Morgan fingerprint density at radius 1 is 0.554 bits per heavy atom. The molecule has 4 N–H and O–H groups in total. The summed E-state index contributed by atoms with van der Waals surface area (Å²) in [6.45, 7) is 6.23. The number of rotatable bonds is 16. The number of nitrogens with zero attached hydrogens (tertiary/aromatic N) is 4. The molecule has 4 aliphatic heterocycles. The first-order valence-corrected chi connectivity index (χ1v) is 25.5. The lowest BCUT2D eigenvalue weighted by molar-refractivity contribution is -0.128. The molecule has 0 aliphatic carbocycles. The Morgan fingerprint density at radius 2 is 0.932 bits per heavy atom. The molecular formula is C60H66N6O8. The third-order valence-electron chi connectivity index (χ3n) is 15.4. The summed E-state index contributed by atoms with van der Waals surface area (Å²) in [4.78, 5) is 58.8. The molecule has 2 fully saturated rings. The molecule has 4 bridgehead atoms. The van der Waals surface area contributed by atoms with Gasteiger partial charge in [-0.1, -0.05) is 121 Å². The molecule has 4 aliphatic rings. The molecule has 0 saturated carbocycles. The van der Waals surface area contributed by atoms with E-state index in [9.17, 15) is 29.4 Å². The fourth-order valence-corrected chi connectivity index (χ4v) is 12.0. The van der Waals surface area contributed by atoms with Gasteiger partial charge in [-0.3, -0.25) is 29.0 Å². The summed E-state index contributed by atoms with van der Waals surface area (Å²) in [6.07, 6.45) is 7.33. The summed E-state index contributed by atoms with van der Waals surface area (Å²) in [5.41, 5.74) is 6.75. The molecule has 2 amide bonds. The minimum absolute atomic E-state index is 0.0652.